The predicted molar refractivity (Wildman–Crippen MR) is 101 cm³/mol. The van der Waals surface area contributed by atoms with Gasteiger partial charge in [-0.1, -0.05) is 53.7 Å². The number of halogens is 1. The number of aromatic nitrogens is 1. The Labute approximate surface area is 153 Å². The highest BCUT2D eigenvalue weighted by molar-refractivity contribution is 8.14. The van der Waals surface area contributed by atoms with Crippen LogP contribution in [-0.2, 0) is 0 Å². The number of aliphatic imine (C=N–C) groups is 1. The molecule has 1 aromatic carbocycles. The average Bonchev–Trinajstić information content (AvgIpc) is 3.22. The number of aliphatic hydroxyl groups is 2. The van der Waals surface area contributed by atoms with Gasteiger partial charge < -0.3 is 10.2 Å². The molecule has 1 fully saturated rings. The Bertz CT molecular complexity index is 777. The topological polar surface area (TPSA) is 69.0 Å². The van der Waals surface area contributed by atoms with Crippen molar-refractivity contribution in [2.24, 2.45) is 4.99 Å². The van der Waals surface area contributed by atoms with Crippen molar-refractivity contribution < 1.29 is 10.2 Å². The molecule has 0 aliphatic carbocycles. The molecule has 1 atom stereocenters. The van der Waals surface area contributed by atoms with Crippen molar-refractivity contribution in [1.82, 2.24) is 9.88 Å². The number of amidine groups is 1. The molecule has 0 spiro atoms. The van der Waals surface area contributed by atoms with Crippen LogP contribution >= 0.6 is 34.7 Å². The average molecular weight is 382 g/mol. The van der Waals surface area contributed by atoms with E-state index in [0.717, 1.165) is 16.2 Å². The summed E-state index contributed by atoms with van der Waals surface area (Å²) >= 11 is 8.89. The molecule has 1 aromatic heterocycles. The second-order valence-corrected chi connectivity index (χ2v) is 7.68. The summed E-state index contributed by atoms with van der Waals surface area (Å²) in [4.78, 5) is 11.0. The lowest BCUT2D eigenvalue weighted by molar-refractivity contribution is 0.245. The molecule has 0 radical (unpaired) electrons. The van der Waals surface area contributed by atoms with Gasteiger partial charge in [0, 0.05) is 29.4 Å². The maximum Gasteiger partial charge on any atom is 0.199 e. The fourth-order valence-electron chi connectivity index (χ4n) is 2.54. The number of hydrogen-bond donors (Lipinski definition) is 2. The molecule has 2 heterocycles. The van der Waals surface area contributed by atoms with Crippen molar-refractivity contribution in [3.8, 4) is 0 Å². The van der Waals surface area contributed by atoms with Crippen molar-refractivity contribution in [2.75, 3.05) is 19.4 Å². The molecule has 0 amide bonds. The van der Waals surface area contributed by atoms with Crippen LogP contribution in [0.5, 0.6) is 0 Å². The first-order valence-electron chi connectivity index (χ1n) is 7.24. The summed E-state index contributed by atoms with van der Waals surface area (Å²) in [5.74, 6) is 0.728. The summed E-state index contributed by atoms with van der Waals surface area (Å²) in [7, 11) is 1.69. The molecule has 1 aliphatic rings. The molecular weight excluding hydrogens is 366 g/mol. The lowest BCUT2D eigenvalue weighted by Crippen LogP contribution is -2.28. The Morgan fingerprint density at radius 2 is 2.17 bits per heavy atom. The maximum atomic E-state index is 10.9. The van der Waals surface area contributed by atoms with E-state index in [4.69, 9.17) is 11.6 Å². The summed E-state index contributed by atoms with van der Waals surface area (Å²) in [6, 6.07) is 9.21. The van der Waals surface area contributed by atoms with Gasteiger partial charge in [0.05, 0.1) is 12.6 Å². The van der Waals surface area contributed by atoms with E-state index >= 15 is 0 Å². The molecule has 1 unspecified atom stereocenters. The Morgan fingerprint density at radius 3 is 2.75 bits per heavy atom. The standard InChI is InChI=1S/C16H16ClN3O2S2/c1-18-16-20(12(9-23-16)13-7-19-15(17)24-13)14(22)11(8-21)10-5-3-2-4-6-10/h2-7,12,21-22H,8-9H2,1H3/b14-11-,18-16?. The van der Waals surface area contributed by atoms with E-state index in [9.17, 15) is 10.2 Å². The highest BCUT2D eigenvalue weighted by atomic mass is 35.5. The van der Waals surface area contributed by atoms with Gasteiger partial charge in [0.25, 0.3) is 0 Å². The highest BCUT2D eigenvalue weighted by Crippen LogP contribution is 2.41. The Kier molecular flexibility index (Phi) is 5.45. The third-order valence-corrected chi connectivity index (χ3v) is 6.02. The van der Waals surface area contributed by atoms with Crippen molar-refractivity contribution in [1.29, 1.82) is 0 Å². The van der Waals surface area contributed by atoms with Gasteiger partial charge in [-0.05, 0) is 5.56 Å². The van der Waals surface area contributed by atoms with Crippen LogP contribution in [0.25, 0.3) is 5.57 Å². The normalized spacial score (nSPS) is 20.5. The van der Waals surface area contributed by atoms with Gasteiger partial charge in [0.1, 0.15) is 0 Å². The van der Waals surface area contributed by atoms with Crippen LogP contribution < -0.4 is 0 Å². The van der Waals surface area contributed by atoms with E-state index in [1.807, 2.05) is 30.3 Å². The zero-order valence-electron chi connectivity index (χ0n) is 12.9. The number of aliphatic hydroxyl groups excluding tert-OH is 2. The third-order valence-electron chi connectivity index (χ3n) is 3.68. The summed E-state index contributed by atoms with van der Waals surface area (Å²) in [6.07, 6.45) is 1.72. The summed E-state index contributed by atoms with van der Waals surface area (Å²) < 4.78 is 0.464. The Morgan fingerprint density at radius 1 is 1.42 bits per heavy atom. The number of rotatable bonds is 4. The van der Waals surface area contributed by atoms with E-state index in [1.165, 1.54) is 11.3 Å². The number of nitrogens with zero attached hydrogens (tertiary/aromatic N) is 3. The quantitative estimate of drug-likeness (QED) is 0.788. The van der Waals surface area contributed by atoms with Crippen LogP contribution in [-0.4, -0.2) is 44.7 Å². The predicted octanol–water partition coefficient (Wildman–Crippen LogP) is 3.79. The SMILES string of the molecule is CN=C1SCC(c2cnc(Cl)s2)N1/C(O)=C(\CO)c1ccccc1. The minimum Gasteiger partial charge on any atom is -0.494 e. The number of thiazole rings is 1. The van der Waals surface area contributed by atoms with Crippen LogP contribution in [0.4, 0.5) is 0 Å². The first-order chi connectivity index (χ1) is 11.7. The van der Waals surface area contributed by atoms with Gasteiger partial charge in [0.15, 0.2) is 15.5 Å². The molecule has 3 rings (SSSR count). The molecule has 2 N–H and O–H groups in total. The molecular formula is C16H16ClN3O2S2. The van der Waals surface area contributed by atoms with Gasteiger partial charge in [-0.3, -0.25) is 9.89 Å². The van der Waals surface area contributed by atoms with Crippen molar-refractivity contribution >= 4 is 45.4 Å². The van der Waals surface area contributed by atoms with Gasteiger partial charge in [-0.2, -0.15) is 0 Å². The zero-order chi connectivity index (χ0) is 17.1. The number of thioether (sulfide) groups is 1. The van der Waals surface area contributed by atoms with Crippen LogP contribution in [0.15, 0.2) is 47.4 Å². The van der Waals surface area contributed by atoms with E-state index in [1.54, 1.807) is 29.9 Å². The smallest absolute Gasteiger partial charge is 0.199 e. The summed E-state index contributed by atoms with van der Waals surface area (Å²) in [6.45, 7) is -0.274. The number of benzene rings is 1. The molecule has 0 bridgehead atoms. The fourth-order valence-corrected chi connectivity index (χ4v) is 4.81. The van der Waals surface area contributed by atoms with Crippen LogP contribution in [0.2, 0.25) is 4.47 Å². The fraction of sp³-hybridized carbons (Fsp3) is 0.250. The van der Waals surface area contributed by atoms with Crippen LogP contribution in [0.3, 0.4) is 0 Å². The largest absolute Gasteiger partial charge is 0.494 e. The number of hydrogen-bond acceptors (Lipinski definition) is 6. The van der Waals surface area contributed by atoms with Gasteiger partial charge >= 0.3 is 0 Å². The molecule has 126 valence electrons. The maximum absolute atomic E-state index is 10.9. The van der Waals surface area contributed by atoms with E-state index in [2.05, 4.69) is 9.98 Å². The summed E-state index contributed by atoms with van der Waals surface area (Å²) in [5, 5.41) is 21.4. The monoisotopic (exact) mass is 381 g/mol. The van der Waals surface area contributed by atoms with Crippen LogP contribution in [0.1, 0.15) is 16.5 Å². The third kappa shape index (κ3) is 3.30. The molecule has 1 aliphatic heterocycles. The second kappa shape index (κ2) is 7.57. The molecule has 24 heavy (non-hydrogen) atoms. The van der Waals surface area contributed by atoms with Gasteiger partial charge in [-0.15, -0.1) is 11.3 Å². The summed E-state index contributed by atoms with van der Waals surface area (Å²) in [5.41, 5.74) is 1.23. The lowest BCUT2D eigenvalue weighted by Gasteiger charge is -2.25. The minimum atomic E-state index is -0.274. The first-order valence-corrected chi connectivity index (χ1v) is 9.42. The van der Waals surface area contributed by atoms with Crippen molar-refractivity contribution in [3.63, 3.8) is 0 Å². The first kappa shape index (κ1) is 17.3. The molecule has 8 heteroatoms. The molecule has 0 saturated carbocycles. The molecule has 1 saturated heterocycles. The minimum absolute atomic E-state index is 0.00354. The van der Waals surface area contributed by atoms with Crippen molar-refractivity contribution in [2.45, 2.75) is 6.04 Å². The van der Waals surface area contributed by atoms with Crippen molar-refractivity contribution in [3.05, 3.63) is 57.3 Å². The highest BCUT2D eigenvalue weighted by Gasteiger charge is 2.36. The second-order valence-electron chi connectivity index (χ2n) is 5.04. The molecule has 2 aromatic rings. The van der Waals surface area contributed by atoms with E-state index < -0.39 is 0 Å². The van der Waals surface area contributed by atoms with E-state index in [-0.39, 0.29) is 18.5 Å². The van der Waals surface area contributed by atoms with E-state index in [0.29, 0.717) is 15.2 Å². The zero-order valence-corrected chi connectivity index (χ0v) is 15.3. The Hall–Kier alpha value is -1.54. The molecule has 5 nitrogen and oxygen atoms in total. The van der Waals surface area contributed by atoms with Gasteiger partial charge in [-0.25, -0.2) is 4.98 Å². The van der Waals surface area contributed by atoms with Gasteiger partial charge in [0.2, 0.25) is 0 Å². The van der Waals surface area contributed by atoms with Crippen LogP contribution in [0, 0.1) is 0 Å². The lowest BCUT2D eigenvalue weighted by atomic mass is 10.1. The Balaban J connectivity index is 2.06.